The third-order valence-corrected chi connectivity index (χ3v) is 5.56. The Balaban J connectivity index is 0.00000133. The van der Waals surface area contributed by atoms with Gasteiger partial charge in [-0.25, -0.2) is 4.98 Å². The van der Waals surface area contributed by atoms with Gasteiger partial charge in [0.25, 0.3) is 0 Å². The summed E-state index contributed by atoms with van der Waals surface area (Å²) in [4.78, 5) is 7.24. The molecule has 0 aromatic carbocycles. The monoisotopic (exact) mass is 301 g/mol. The third kappa shape index (κ3) is 3.30. The second-order valence-corrected chi connectivity index (χ2v) is 6.74. The molecular weight excluding hydrogens is 278 g/mol. The van der Waals surface area contributed by atoms with Gasteiger partial charge in [0, 0.05) is 31.1 Å². The van der Waals surface area contributed by atoms with Crippen molar-refractivity contribution in [2.24, 2.45) is 17.6 Å². The topological polar surface area (TPSA) is 42.2 Å². The predicted octanol–water partition coefficient (Wildman–Crippen LogP) is 2.69. The van der Waals surface area contributed by atoms with Crippen LogP contribution in [0.4, 0.5) is 0 Å². The lowest BCUT2D eigenvalue weighted by atomic mass is 9.78. The van der Waals surface area contributed by atoms with Crippen LogP contribution in [0, 0.1) is 11.8 Å². The van der Waals surface area contributed by atoms with E-state index in [9.17, 15) is 0 Å². The van der Waals surface area contributed by atoms with Gasteiger partial charge in [-0.3, -0.25) is 4.90 Å². The molecular formula is C14H24ClN3S. The van der Waals surface area contributed by atoms with Crippen LogP contribution in [-0.2, 0) is 13.0 Å². The lowest BCUT2D eigenvalue weighted by molar-refractivity contribution is 0.259. The first-order chi connectivity index (χ1) is 8.76. The summed E-state index contributed by atoms with van der Waals surface area (Å²) in [6.07, 6.45) is 4.99. The Labute approximate surface area is 126 Å². The molecule has 1 saturated carbocycles. The van der Waals surface area contributed by atoms with E-state index >= 15 is 0 Å². The fourth-order valence-corrected chi connectivity index (χ4v) is 4.29. The Morgan fingerprint density at radius 3 is 2.95 bits per heavy atom. The Hall–Kier alpha value is -0.160. The molecule has 3 nitrogen and oxygen atoms in total. The van der Waals surface area contributed by atoms with Crippen molar-refractivity contribution in [2.45, 2.75) is 45.2 Å². The zero-order valence-corrected chi connectivity index (χ0v) is 13.2. The first kappa shape index (κ1) is 15.2. The fourth-order valence-electron chi connectivity index (χ4n) is 3.55. The van der Waals surface area contributed by atoms with Crippen LogP contribution >= 0.6 is 23.7 Å². The van der Waals surface area contributed by atoms with Crippen molar-refractivity contribution in [1.29, 1.82) is 0 Å². The number of aryl methyl sites for hydroxylation is 1. The number of likely N-dealkylation sites (tertiary alicyclic amines) is 1. The van der Waals surface area contributed by atoms with Gasteiger partial charge in [0.15, 0.2) is 0 Å². The molecule has 3 unspecified atom stereocenters. The average Bonchev–Trinajstić information content (AvgIpc) is 2.96. The Morgan fingerprint density at radius 2 is 2.26 bits per heavy atom. The van der Waals surface area contributed by atoms with Gasteiger partial charge in [-0.2, -0.15) is 0 Å². The van der Waals surface area contributed by atoms with Crippen LogP contribution in [0.5, 0.6) is 0 Å². The van der Waals surface area contributed by atoms with Gasteiger partial charge < -0.3 is 5.73 Å². The molecule has 0 amide bonds. The van der Waals surface area contributed by atoms with Crippen LogP contribution in [0.25, 0.3) is 0 Å². The molecule has 2 fully saturated rings. The maximum atomic E-state index is 6.26. The molecule has 2 heterocycles. The lowest BCUT2D eigenvalue weighted by Gasteiger charge is -2.29. The van der Waals surface area contributed by atoms with E-state index in [0.29, 0.717) is 6.04 Å². The summed E-state index contributed by atoms with van der Waals surface area (Å²) in [7, 11) is 0. The largest absolute Gasteiger partial charge is 0.327 e. The molecule has 0 bridgehead atoms. The summed E-state index contributed by atoms with van der Waals surface area (Å²) >= 11 is 1.80. The van der Waals surface area contributed by atoms with E-state index in [4.69, 9.17) is 5.73 Å². The van der Waals surface area contributed by atoms with E-state index in [0.717, 1.165) is 24.8 Å². The minimum absolute atomic E-state index is 0. The molecule has 1 saturated heterocycles. The predicted molar refractivity (Wildman–Crippen MR) is 82.8 cm³/mol. The number of nitrogens with two attached hydrogens (primary N) is 1. The van der Waals surface area contributed by atoms with Crippen molar-refractivity contribution < 1.29 is 0 Å². The second kappa shape index (κ2) is 6.53. The fraction of sp³-hybridized carbons (Fsp3) is 0.786. The number of hydrogen-bond acceptors (Lipinski definition) is 4. The third-order valence-electron chi connectivity index (χ3n) is 4.52. The van der Waals surface area contributed by atoms with Gasteiger partial charge in [0.1, 0.15) is 0 Å². The smallest absolute Gasteiger partial charge is 0.0926 e. The van der Waals surface area contributed by atoms with Gasteiger partial charge in [-0.1, -0.05) is 13.3 Å². The van der Waals surface area contributed by atoms with E-state index in [1.807, 2.05) is 0 Å². The number of rotatable bonds is 3. The van der Waals surface area contributed by atoms with Crippen LogP contribution < -0.4 is 5.73 Å². The summed E-state index contributed by atoms with van der Waals surface area (Å²) in [5.74, 6) is 1.58. The zero-order valence-electron chi connectivity index (χ0n) is 11.5. The molecule has 5 heteroatoms. The number of thiazole rings is 1. The number of nitrogens with zero attached hydrogens (tertiary/aromatic N) is 2. The van der Waals surface area contributed by atoms with Crippen molar-refractivity contribution in [3.05, 3.63) is 16.1 Å². The zero-order chi connectivity index (χ0) is 12.5. The molecule has 1 aromatic heterocycles. The molecule has 19 heavy (non-hydrogen) atoms. The molecule has 3 atom stereocenters. The number of halogens is 1. The number of fused-ring (bicyclic) bond motifs is 1. The van der Waals surface area contributed by atoms with E-state index in [1.165, 1.54) is 43.1 Å². The van der Waals surface area contributed by atoms with E-state index < -0.39 is 0 Å². The maximum Gasteiger partial charge on any atom is 0.0926 e. The summed E-state index contributed by atoms with van der Waals surface area (Å²) in [6.45, 7) is 5.62. The van der Waals surface area contributed by atoms with Crippen LogP contribution in [0.2, 0.25) is 0 Å². The molecule has 2 aliphatic rings. The Kier molecular flexibility index (Phi) is 5.23. The lowest BCUT2D eigenvalue weighted by Crippen LogP contribution is -2.38. The first-order valence-corrected chi connectivity index (χ1v) is 8.05. The average molecular weight is 302 g/mol. The standard InChI is InChI=1S/C14H23N3S.ClH/c1-2-14-16-11(9-18-14)7-17-6-10-4-3-5-13(15)12(10)8-17;/h9-10,12-13H,2-8,15H2,1H3;1H. The summed E-state index contributed by atoms with van der Waals surface area (Å²) in [5, 5.41) is 3.49. The Morgan fingerprint density at radius 1 is 1.42 bits per heavy atom. The van der Waals surface area contributed by atoms with Crippen LogP contribution in [0.3, 0.4) is 0 Å². The highest BCUT2D eigenvalue weighted by atomic mass is 35.5. The normalized spacial score (nSPS) is 30.9. The molecule has 108 valence electrons. The number of aromatic nitrogens is 1. The van der Waals surface area contributed by atoms with Crippen molar-refractivity contribution in [2.75, 3.05) is 13.1 Å². The van der Waals surface area contributed by atoms with E-state index in [-0.39, 0.29) is 12.4 Å². The second-order valence-electron chi connectivity index (χ2n) is 5.80. The first-order valence-electron chi connectivity index (χ1n) is 7.17. The van der Waals surface area contributed by atoms with Crippen LogP contribution in [0.15, 0.2) is 5.38 Å². The SMILES string of the molecule is CCc1nc(CN2CC3CCCC(N)C3C2)cs1.Cl. The van der Waals surface area contributed by atoms with Gasteiger partial charge >= 0.3 is 0 Å². The minimum Gasteiger partial charge on any atom is -0.327 e. The van der Waals surface area contributed by atoms with Crippen molar-refractivity contribution in [1.82, 2.24) is 9.88 Å². The van der Waals surface area contributed by atoms with Gasteiger partial charge in [0.2, 0.25) is 0 Å². The molecule has 0 radical (unpaired) electrons. The highest BCUT2D eigenvalue weighted by molar-refractivity contribution is 7.09. The molecule has 3 rings (SSSR count). The molecule has 1 aromatic rings. The van der Waals surface area contributed by atoms with Gasteiger partial charge in [0.05, 0.1) is 10.7 Å². The van der Waals surface area contributed by atoms with E-state index in [1.54, 1.807) is 11.3 Å². The summed E-state index contributed by atoms with van der Waals surface area (Å²) in [5.41, 5.74) is 7.51. The molecule has 1 aliphatic carbocycles. The minimum atomic E-state index is 0. The summed E-state index contributed by atoms with van der Waals surface area (Å²) in [6, 6.07) is 0.440. The highest BCUT2D eigenvalue weighted by Crippen LogP contribution is 2.36. The summed E-state index contributed by atoms with van der Waals surface area (Å²) < 4.78 is 0. The van der Waals surface area contributed by atoms with Gasteiger partial charge in [-0.15, -0.1) is 23.7 Å². The van der Waals surface area contributed by atoms with Gasteiger partial charge in [-0.05, 0) is 31.1 Å². The van der Waals surface area contributed by atoms with Crippen molar-refractivity contribution >= 4 is 23.7 Å². The van der Waals surface area contributed by atoms with E-state index in [2.05, 4.69) is 22.2 Å². The maximum absolute atomic E-state index is 6.26. The highest BCUT2D eigenvalue weighted by Gasteiger charge is 2.38. The number of hydrogen-bond donors (Lipinski definition) is 1. The molecule has 2 N–H and O–H groups in total. The molecule has 1 aliphatic heterocycles. The van der Waals surface area contributed by atoms with Crippen molar-refractivity contribution in [3.63, 3.8) is 0 Å². The van der Waals surface area contributed by atoms with Crippen LogP contribution in [-0.4, -0.2) is 29.0 Å². The quantitative estimate of drug-likeness (QED) is 0.933. The molecule has 0 spiro atoms. The Bertz CT molecular complexity index is 409. The van der Waals surface area contributed by atoms with Crippen LogP contribution in [0.1, 0.15) is 36.9 Å². The van der Waals surface area contributed by atoms with Crippen molar-refractivity contribution in [3.8, 4) is 0 Å².